The number of rotatable bonds is 8. The molecule has 8 nitrogen and oxygen atoms in total. The number of benzene rings is 2. The van der Waals surface area contributed by atoms with Gasteiger partial charge in [-0.05, 0) is 114 Å². The number of nitrogens with one attached hydrogen (secondary N) is 2. The Morgan fingerprint density at radius 1 is 0.927 bits per heavy atom. The first-order valence-corrected chi connectivity index (χ1v) is 14.7. The van der Waals surface area contributed by atoms with Gasteiger partial charge in [0.25, 0.3) is 0 Å². The Kier molecular flexibility index (Phi) is 7.95. The maximum atomic E-state index is 14.3. The third kappa shape index (κ3) is 6.63. The fourth-order valence-corrected chi connectivity index (χ4v) is 7.54. The van der Waals surface area contributed by atoms with E-state index in [1.54, 1.807) is 51.1 Å². The van der Waals surface area contributed by atoms with Crippen LogP contribution < -0.4 is 15.5 Å². The van der Waals surface area contributed by atoms with Gasteiger partial charge in [0, 0.05) is 16.7 Å². The number of urea groups is 1. The molecule has 6 rings (SSSR count). The Morgan fingerprint density at radius 3 is 2.17 bits per heavy atom. The van der Waals surface area contributed by atoms with Crippen molar-refractivity contribution in [3.05, 3.63) is 59.7 Å². The predicted molar refractivity (Wildman–Crippen MR) is 158 cm³/mol. The number of carbonyl (C=O) groups is 4. The summed E-state index contributed by atoms with van der Waals surface area (Å²) < 4.78 is 5.54. The molecule has 4 bridgehead atoms. The molecule has 4 fully saturated rings. The smallest absolute Gasteiger partial charge is 0.326 e. The van der Waals surface area contributed by atoms with Gasteiger partial charge in [-0.3, -0.25) is 19.3 Å². The van der Waals surface area contributed by atoms with Crippen LogP contribution in [0.3, 0.4) is 0 Å². The molecular formula is C33H41N3O5. The highest BCUT2D eigenvalue weighted by molar-refractivity contribution is 6.10. The molecule has 0 heterocycles. The highest BCUT2D eigenvalue weighted by Gasteiger charge is 2.55. The largest absolute Gasteiger partial charge is 0.459 e. The lowest BCUT2D eigenvalue weighted by atomic mass is 9.48. The van der Waals surface area contributed by atoms with E-state index >= 15 is 0 Å². The minimum absolute atomic E-state index is 0.0688. The number of hydrogen-bond acceptors (Lipinski definition) is 5. The molecule has 2 aromatic rings. The summed E-state index contributed by atoms with van der Waals surface area (Å²) in [6.07, 6.45) is 6.34. The fourth-order valence-electron chi connectivity index (χ4n) is 7.54. The molecule has 8 heteroatoms. The Labute approximate surface area is 242 Å². The molecule has 41 heavy (non-hydrogen) atoms. The summed E-state index contributed by atoms with van der Waals surface area (Å²) in [6, 6.07) is 13.8. The molecule has 0 aliphatic heterocycles. The van der Waals surface area contributed by atoms with Gasteiger partial charge >= 0.3 is 12.0 Å². The van der Waals surface area contributed by atoms with Gasteiger partial charge in [0.1, 0.15) is 12.1 Å². The molecule has 4 aliphatic rings. The molecule has 4 saturated carbocycles. The van der Waals surface area contributed by atoms with Crippen molar-refractivity contribution in [1.82, 2.24) is 5.32 Å². The van der Waals surface area contributed by atoms with Gasteiger partial charge in [-0.1, -0.05) is 24.3 Å². The van der Waals surface area contributed by atoms with E-state index in [1.807, 2.05) is 25.1 Å². The summed E-state index contributed by atoms with van der Waals surface area (Å²) in [7, 11) is 0. The van der Waals surface area contributed by atoms with Crippen LogP contribution >= 0.6 is 0 Å². The lowest BCUT2D eigenvalue weighted by Crippen LogP contribution is -2.50. The highest BCUT2D eigenvalue weighted by atomic mass is 16.6. The number of para-hydroxylation sites is 1. The number of anilines is 2. The standard InChI is InChI=1S/C33H41N3O5/c1-21-8-7-9-25(12-21)35-31(40)34-19-28(37)36(20-29(38)41-32(2,3)4)27-11-6-5-10-26(27)30(39)33-16-22-13-23(17-33)15-24(14-22)18-33/h5-12,22-24H,13-20H2,1-4H3,(H2,34,35,40). The van der Waals surface area contributed by atoms with Crippen molar-refractivity contribution in [2.24, 2.45) is 23.2 Å². The Balaban J connectivity index is 1.38. The first-order valence-electron chi connectivity index (χ1n) is 14.7. The summed E-state index contributed by atoms with van der Waals surface area (Å²) in [5.74, 6) is 0.737. The Bertz CT molecular complexity index is 1310. The number of nitrogens with zero attached hydrogens (tertiary/aromatic N) is 1. The van der Waals surface area contributed by atoms with Gasteiger partial charge in [-0.15, -0.1) is 0 Å². The van der Waals surface area contributed by atoms with E-state index in [2.05, 4.69) is 10.6 Å². The van der Waals surface area contributed by atoms with Crippen molar-refractivity contribution < 1.29 is 23.9 Å². The topological polar surface area (TPSA) is 105 Å². The quantitative estimate of drug-likeness (QED) is 0.310. The van der Waals surface area contributed by atoms with Gasteiger partial charge in [0.15, 0.2) is 5.78 Å². The van der Waals surface area contributed by atoms with Crippen LogP contribution in [0.2, 0.25) is 0 Å². The van der Waals surface area contributed by atoms with Crippen LogP contribution in [0.1, 0.15) is 75.2 Å². The molecule has 2 N–H and O–H groups in total. The molecular weight excluding hydrogens is 518 g/mol. The van der Waals surface area contributed by atoms with Crippen LogP contribution in [-0.2, 0) is 14.3 Å². The first-order chi connectivity index (χ1) is 19.4. The predicted octanol–water partition coefficient (Wildman–Crippen LogP) is 5.89. The highest BCUT2D eigenvalue weighted by Crippen LogP contribution is 2.61. The SMILES string of the molecule is Cc1cccc(NC(=O)NCC(=O)N(CC(=O)OC(C)(C)C)c2ccccc2C(=O)C23CC4CC(CC(C4)C2)C3)c1. The normalized spacial score (nSPS) is 24.4. The van der Waals surface area contributed by atoms with Crippen molar-refractivity contribution in [2.75, 3.05) is 23.3 Å². The molecule has 0 atom stereocenters. The second kappa shape index (κ2) is 11.3. The van der Waals surface area contributed by atoms with E-state index < -0.39 is 28.9 Å². The van der Waals surface area contributed by atoms with Gasteiger partial charge in [0.05, 0.1) is 12.2 Å². The van der Waals surface area contributed by atoms with Gasteiger partial charge in [-0.25, -0.2) is 4.79 Å². The lowest BCUT2D eigenvalue weighted by Gasteiger charge is -2.56. The van der Waals surface area contributed by atoms with Crippen LogP contribution in [-0.4, -0.2) is 42.4 Å². The molecule has 0 unspecified atom stereocenters. The summed E-state index contributed by atoms with van der Waals surface area (Å²) in [6.45, 7) is 6.47. The van der Waals surface area contributed by atoms with E-state index in [9.17, 15) is 19.2 Å². The second-order valence-corrected chi connectivity index (χ2v) is 13.3. The van der Waals surface area contributed by atoms with Gasteiger partial charge in [0.2, 0.25) is 5.91 Å². The van der Waals surface area contributed by atoms with Gasteiger partial charge in [-0.2, -0.15) is 0 Å². The van der Waals surface area contributed by atoms with E-state index in [-0.39, 0.29) is 18.9 Å². The number of hydrogen-bond donors (Lipinski definition) is 2. The number of ether oxygens (including phenoxy) is 1. The van der Waals surface area contributed by atoms with Crippen molar-refractivity contribution in [1.29, 1.82) is 0 Å². The number of aryl methyl sites for hydroxylation is 1. The van der Waals surface area contributed by atoms with Crippen molar-refractivity contribution >= 4 is 35.1 Å². The third-order valence-corrected chi connectivity index (χ3v) is 8.64. The van der Waals surface area contributed by atoms with Crippen LogP contribution in [0.4, 0.5) is 16.2 Å². The Morgan fingerprint density at radius 2 is 1.56 bits per heavy atom. The zero-order valence-electron chi connectivity index (χ0n) is 24.5. The van der Waals surface area contributed by atoms with Crippen molar-refractivity contribution in [3.8, 4) is 0 Å². The van der Waals surface area contributed by atoms with Gasteiger partial charge < -0.3 is 15.4 Å². The molecule has 3 amide bonds. The molecule has 218 valence electrons. The molecule has 0 saturated heterocycles. The van der Waals surface area contributed by atoms with E-state index in [0.717, 1.165) is 24.8 Å². The monoisotopic (exact) mass is 559 g/mol. The Hall–Kier alpha value is -3.68. The number of esters is 1. The maximum Gasteiger partial charge on any atom is 0.326 e. The van der Waals surface area contributed by atoms with Crippen molar-refractivity contribution in [3.63, 3.8) is 0 Å². The number of ketones is 1. The number of Topliss-reactive ketones (excluding diaryl/α,β-unsaturated/α-hetero) is 1. The third-order valence-electron chi connectivity index (χ3n) is 8.64. The van der Waals surface area contributed by atoms with E-state index in [0.29, 0.717) is 34.7 Å². The van der Waals surface area contributed by atoms with Crippen molar-refractivity contribution in [2.45, 2.75) is 71.8 Å². The lowest BCUT2D eigenvalue weighted by molar-refractivity contribution is -0.153. The summed E-state index contributed by atoms with van der Waals surface area (Å²) in [5.41, 5.74) is 1.28. The van der Waals surface area contributed by atoms with Crippen LogP contribution in [0.15, 0.2) is 48.5 Å². The molecule has 0 spiro atoms. The minimum Gasteiger partial charge on any atom is -0.459 e. The molecule has 0 radical (unpaired) electrons. The van der Waals surface area contributed by atoms with Crippen LogP contribution in [0.25, 0.3) is 0 Å². The fraction of sp³-hybridized carbons (Fsp3) is 0.515. The van der Waals surface area contributed by atoms with Crippen LogP contribution in [0.5, 0.6) is 0 Å². The second-order valence-electron chi connectivity index (χ2n) is 13.3. The number of carbonyl (C=O) groups excluding carboxylic acids is 4. The van der Waals surface area contributed by atoms with E-state index in [4.69, 9.17) is 4.74 Å². The van der Waals surface area contributed by atoms with Crippen LogP contribution in [0, 0.1) is 30.1 Å². The zero-order chi connectivity index (χ0) is 29.4. The number of amides is 3. The first kappa shape index (κ1) is 28.8. The average molecular weight is 560 g/mol. The maximum absolute atomic E-state index is 14.3. The summed E-state index contributed by atoms with van der Waals surface area (Å²) in [4.78, 5) is 54.8. The minimum atomic E-state index is -0.744. The van der Waals surface area contributed by atoms with E-state index in [1.165, 1.54) is 24.2 Å². The molecule has 4 aliphatic carbocycles. The zero-order valence-corrected chi connectivity index (χ0v) is 24.5. The average Bonchev–Trinajstić information content (AvgIpc) is 2.88. The molecule has 2 aromatic carbocycles. The summed E-state index contributed by atoms with van der Waals surface area (Å²) in [5, 5.41) is 5.33. The molecule has 0 aromatic heterocycles. The summed E-state index contributed by atoms with van der Waals surface area (Å²) >= 11 is 0.